The maximum atomic E-state index is 12.8. The molecule has 0 bridgehead atoms. The standard InChI is InChI=1S/C8H2F5NO/c9-4-1-6(10)5(3-14)7(2-4)15-8(11,12)13/h1-2H. The molecule has 2 nitrogen and oxygen atoms in total. The maximum absolute atomic E-state index is 12.8. The zero-order valence-corrected chi connectivity index (χ0v) is 6.90. The smallest absolute Gasteiger partial charge is 0.404 e. The van der Waals surface area contributed by atoms with Crippen LogP contribution in [0.5, 0.6) is 5.75 Å². The summed E-state index contributed by atoms with van der Waals surface area (Å²) in [5, 5.41) is 8.33. The Labute approximate surface area is 80.5 Å². The Morgan fingerprint density at radius 2 is 1.80 bits per heavy atom. The number of nitriles is 1. The van der Waals surface area contributed by atoms with Crippen LogP contribution in [0.4, 0.5) is 22.0 Å². The minimum absolute atomic E-state index is 0.287. The van der Waals surface area contributed by atoms with Crippen molar-refractivity contribution in [3.8, 4) is 11.8 Å². The van der Waals surface area contributed by atoms with Gasteiger partial charge in [-0.3, -0.25) is 0 Å². The van der Waals surface area contributed by atoms with Gasteiger partial charge in [-0.05, 0) is 0 Å². The Balaban J connectivity index is 3.23. The van der Waals surface area contributed by atoms with Crippen LogP contribution in [0.3, 0.4) is 0 Å². The van der Waals surface area contributed by atoms with Crippen LogP contribution in [-0.4, -0.2) is 6.36 Å². The maximum Gasteiger partial charge on any atom is 0.573 e. The lowest BCUT2D eigenvalue weighted by molar-refractivity contribution is -0.274. The van der Waals surface area contributed by atoms with Gasteiger partial charge in [0.2, 0.25) is 0 Å². The molecular formula is C8H2F5NO. The summed E-state index contributed by atoms with van der Waals surface area (Å²) in [5.41, 5.74) is -0.992. The van der Waals surface area contributed by atoms with E-state index in [1.165, 1.54) is 0 Å². The molecule has 7 heteroatoms. The number of ether oxygens (including phenoxy) is 1. The second-order valence-corrected chi connectivity index (χ2v) is 2.42. The summed E-state index contributed by atoms with van der Waals surface area (Å²) >= 11 is 0. The van der Waals surface area contributed by atoms with Crippen LogP contribution < -0.4 is 4.74 Å². The quantitative estimate of drug-likeness (QED) is 0.685. The van der Waals surface area contributed by atoms with Gasteiger partial charge in [0, 0.05) is 12.1 Å². The summed E-state index contributed by atoms with van der Waals surface area (Å²) < 4.78 is 63.8. The van der Waals surface area contributed by atoms with Gasteiger partial charge in [0.1, 0.15) is 23.3 Å². The highest BCUT2D eigenvalue weighted by Gasteiger charge is 2.33. The molecule has 1 aromatic carbocycles. The molecule has 0 N–H and O–H groups in total. The van der Waals surface area contributed by atoms with E-state index in [-0.39, 0.29) is 6.07 Å². The van der Waals surface area contributed by atoms with Crippen molar-refractivity contribution in [1.82, 2.24) is 0 Å². The minimum Gasteiger partial charge on any atom is -0.404 e. The van der Waals surface area contributed by atoms with Crippen molar-refractivity contribution in [3.63, 3.8) is 0 Å². The lowest BCUT2D eigenvalue weighted by atomic mass is 10.2. The van der Waals surface area contributed by atoms with E-state index < -0.39 is 29.3 Å². The van der Waals surface area contributed by atoms with Crippen LogP contribution >= 0.6 is 0 Å². The van der Waals surface area contributed by atoms with E-state index in [2.05, 4.69) is 4.74 Å². The van der Waals surface area contributed by atoms with Gasteiger partial charge in [-0.25, -0.2) is 8.78 Å². The number of rotatable bonds is 1. The minimum atomic E-state index is -5.11. The third kappa shape index (κ3) is 2.80. The Kier molecular flexibility index (Phi) is 2.79. The first-order chi connectivity index (χ1) is 6.83. The largest absolute Gasteiger partial charge is 0.573 e. The molecule has 0 saturated heterocycles. The Morgan fingerprint density at radius 1 is 1.20 bits per heavy atom. The summed E-state index contributed by atoms with van der Waals surface area (Å²) in [6.07, 6.45) is -5.11. The second-order valence-electron chi connectivity index (χ2n) is 2.42. The van der Waals surface area contributed by atoms with Crippen molar-refractivity contribution in [2.45, 2.75) is 6.36 Å². The van der Waals surface area contributed by atoms with Gasteiger partial charge in [0.25, 0.3) is 0 Å². The van der Waals surface area contributed by atoms with Crippen molar-refractivity contribution in [1.29, 1.82) is 5.26 Å². The number of nitrogens with zero attached hydrogens (tertiary/aromatic N) is 1. The molecule has 80 valence electrons. The first-order valence-corrected chi connectivity index (χ1v) is 3.48. The molecule has 0 aliphatic heterocycles. The molecule has 0 aliphatic rings. The van der Waals surface area contributed by atoms with E-state index >= 15 is 0 Å². The molecule has 0 atom stereocenters. The van der Waals surface area contributed by atoms with Crippen LogP contribution in [0.25, 0.3) is 0 Å². The zero-order valence-electron chi connectivity index (χ0n) is 6.90. The van der Waals surface area contributed by atoms with E-state index in [1.807, 2.05) is 0 Å². The van der Waals surface area contributed by atoms with Crippen molar-refractivity contribution in [3.05, 3.63) is 29.3 Å². The topological polar surface area (TPSA) is 33.0 Å². The van der Waals surface area contributed by atoms with E-state index in [0.29, 0.717) is 6.07 Å². The fraction of sp³-hybridized carbons (Fsp3) is 0.125. The molecule has 0 saturated carbocycles. The molecular weight excluding hydrogens is 221 g/mol. The molecule has 0 radical (unpaired) electrons. The SMILES string of the molecule is N#Cc1c(F)cc(F)cc1OC(F)(F)F. The molecule has 0 fully saturated rings. The van der Waals surface area contributed by atoms with Gasteiger partial charge in [0.15, 0.2) is 5.75 Å². The summed E-state index contributed by atoms with van der Waals surface area (Å²) in [6, 6.07) is 1.73. The summed E-state index contributed by atoms with van der Waals surface area (Å²) in [6.45, 7) is 0. The van der Waals surface area contributed by atoms with E-state index in [0.717, 1.165) is 6.07 Å². The lowest BCUT2D eigenvalue weighted by Crippen LogP contribution is -2.18. The number of halogens is 5. The molecule has 0 aliphatic carbocycles. The first kappa shape index (κ1) is 11.2. The van der Waals surface area contributed by atoms with Crippen molar-refractivity contribution in [2.75, 3.05) is 0 Å². The van der Waals surface area contributed by atoms with Crippen LogP contribution in [0.15, 0.2) is 12.1 Å². The van der Waals surface area contributed by atoms with Crippen LogP contribution in [0, 0.1) is 23.0 Å². The monoisotopic (exact) mass is 223 g/mol. The van der Waals surface area contributed by atoms with Gasteiger partial charge >= 0.3 is 6.36 Å². The first-order valence-electron chi connectivity index (χ1n) is 3.48. The molecule has 0 amide bonds. The normalized spacial score (nSPS) is 10.9. The zero-order chi connectivity index (χ0) is 11.6. The number of alkyl halides is 3. The average molecular weight is 223 g/mol. The second kappa shape index (κ2) is 3.73. The molecule has 1 rings (SSSR count). The van der Waals surface area contributed by atoms with Crippen molar-refractivity contribution >= 4 is 0 Å². The molecule has 0 spiro atoms. The number of benzene rings is 1. The Morgan fingerprint density at radius 3 is 2.27 bits per heavy atom. The van der Waals surface area contributed by atoms with Crippen LogP contribution in [-0.2, 0) is 0 Å². The lowest BCUT2D eigenvalue weighted by Gasteiger charge is -2.10. The molecule has 0 unspecified atom stereocenters. The van der Waals surface area contributed by atoms with Crippen LogP contribution in [0.2, 0.25) is 0 Å². The van der Waals surface area contributed by atoms with Gasteiger partial charge in [-0.1, -0.05) is 0 Å². The molecule has 15 heavy (non-hydrogen) atoms. The van der Waals surface area contributed by atoms with E-state index in [4.69, 9.17) is 5.26 Å². The fourth-order valence-electron chi connectivity index (χ4n) is 0.864. The highest BCUT2D eigenvalue weighted by atomic mass is 19.4. The van der Waals surface area contributed by atoms with Gasteiger partial charge in [-0.15, -0.1) is 13.2 Å². The van der Waals surface area contributed by atoms with Crippen molar-refractivity contribution in [2.24, 2.45) is 0 Å². The molecule has 0 heterocycles. The summed E-state index contributed by atoms with van der Waals surface area (Å²) in [5.74, 6) is -3.86. The average Bonchev–Trinajstić information content (AvgIpc) is 1.99. The molecule has 0 aromatic heterocycles. The summed E-state index contributed by atoms with van der Waals surface area (Å²) in [7, 11) is 0. The van der Waals surface area contributed by atoms with Crippen LogP contribution in [0.1, 0.15) is 5.56 Å². The fourth-order valence-corrected chi connectivity index (χ4v) is 0.864. The van der Waals surface area contributed by atoms with Crippen molar-refractivity contribution < 1.29 is 26.7 Å². The third-order valence-corrected chi connectivity index (χ3v) is 1.36. The highest BCUT2D eigenvalue weighted by Crippen LogP contribution is 2.28. The van der Waals surface area contributed by atoms with Gasteiger partial charge in [0.05, 0.1) is 0 Å². The molecule has 1 aromatic rings. The van der Waals surface area contributed by atoms with Gasteiger partial charge in [-0.2, -0.15) is 5.26 Å². The Bertz CT molecular complexity index is 420. The number of hydrogen-bond acceptors (Lipinski definition) is 2. The van der Waals surface area contributed by atoms with E-state index in [1.54, 1.807) is 0 Å². The van der Waals surface area contributed by atoms with Gasteiger partial charge < -0.3 is 4.74 Å². The Hall–Kier alpha value is -1.84. The predicted molar refractivity (Wildman–Crippen MR) is 37.8 cm³/mol. The number of hydrogen-bond donors (Lipinski definition) is 0. The highest BCUT2D eigenvalue weighted by molar-refractivity contribution is 5.44. The summed E-state index contributed by atoms with van der Waals surface area (Å²) in [4.78, 5) is 0. The third-order valence-electron chi connectivity index (χ3n) is 1.36. The van der Waals surface area contributed by atoms with E-state index in [9.17, 15) is 22.0 Å². The predicted octanol–water partition coefficient (Wildman–Crippen LogP) is 2.74.